The van der Waals surface area contributed by atoms with E-state index in [1.807, 2.05) is 31.2 Å². The maximum absolute atomic E-state index is 12.1. The van der Waals surface area contributed by atoms with Gasteiger partial charge in [0.25, 0.3) is 11.6 Å². The highest BCUT2D eigenvalue weighted by atomic mass is 16.6. The van der Waals surface area contributed by atoms with Crippen LogP contribution in [0.1, 0.15) is 21.5 Å². The van der Waals surface area contributed by atoms with E-state index in [1.165, 1.54) is 18.2 Å². The Kier molecular flexibility index (Phi) is 4.18. The molecular formula is C15H15N3O3. The minimum absolute atomic E-state index is 0.0351. The highest BCUT2D eigenvalue weighted by molar-refractivity contribution is 5.99. The number of hydrogen-bond acceptors (Lipinski definition) is 4. The van der Waals surface area contributed by atoms with Crippen LogP contribution in [-0.2, 0) is 6.54 Å². The van der Waals surface area contributed by atoms with Gasteiger partial charge in [0, 0.05) is 18.3 Å². The fourth-order valence-electron chi connectivity index (χ4n) is 1.88. The van der Waals surface area contributed by atoms with Crippen LogP contribution in [0.3, 0.4) is 0 Å². The molecule has 0 saturated carbocycles. The van der Waals surface area contributed by atoms with Gasteiger partial charge < -0.3 is 11.1 Å². The van der Waals surface area contributed by atoms with E-state index in [4.69, 9.17) is 5.73 Å². The zero-order valence-electron chi connectivity index (χ0n) is 11.5. The monoisotopic (exact) mass is 285 g/mol. The zero-order chi connectivity index (χ0) is 15.4. The van der Waals surface area contributed by atoms with Gasteiger partial charge in [0.2, 0.25) is 0 Å². The van der Waals surface area contributed by atoms with Crippen molar-refractivity contribution in [3.63, 3.8) is 0 Å². The smallest absolute Gasteiger partial charge is 0.282 e. The number of amides is 1. The molecule has 0 bridgehead atoms. The first-order valence-electron chi connectivity index (χ1n) is 6.35. The van der Waals surface area contributed by atoms with E-state index in [2.05, 4.69) is 5.32 Å². The summed E-state index contributed by atoms with van der Waals surface area (Å²) in [5.74, 6) is -0.519. The first-order chi connectivity index (χ1) is 9.97. The second kappa shape index (κ2) is 6.04. The number of nitrogens with one attached hydrogen (secondary N) is 1. The minimum atomic E-state index is -0.597. The van der Waals surface area contributed by atoms with Gasteiger partial charge in [-0.15, -0.1) is 0 Å². The number of aryl methyl sites for hydroxylation is 1. The molecule has 0 aliphatic carbocycles. The molecule has 6 heteroatoms. The number of hydrogen-bond donors (Lipinski definition) is 2. The van der Waals surface area contributed by atoms with Crippen LogP contribution in [-0.4, -0.2) is 10.8 Å². The van der Waals surface area contributed by atoms with Gasteiger partial charge in [-0.3, -0.25) is 14.9 Å². The Morgan fingerprint density at radius 3 is 2.52 bits per heavy atom. The third-order valence-corrected chi connectivity index (χ3v) is 3.04. The highest BCUT2D eigenvalue weighted by Crippen LogP contribution is 2.21. The Bertz CT molecular complexity index is 681. The Balaban J connectivity index is 2.15. The third kappa shape index (κ3) is 3.56. The van der Waals surface area contributed by atoms with E-state index < -0.39 is 10.8 Å². The first kappa shape index (κ1) is 14.5. The molecule has 2 aromatic rings. The van der Waals surface area contributed by atoms with Gasteiger partial charge in [0.15, 0.2) is 0 Å². The molecule has 0 spiro atoms. The van der Waals surface area contributed by atoms with Crippen LogP contribution >= 0.6 is 0 Å². The predicted molar refractivity (Wildman–Crippen MR) is 79.9 cm³/mol. The number of nitrogens with zero attached hydrogens (tertiary/aromatic N) is 1. The lowest BCUT2D eigenvalue weighted by molar-refractivity contribution is -0.385. The fraction of sp³-hybridized carbons (Fsp3) is 0.133. The maximum atomic E-state index is 12.1. The second-order valence-electron chi connectivity index (χ2n) is 4.70. The Morgan fingerprint density at radius 2 is 1.90 bits per heavy atom. The van der Waals surface area contributed by atoms with E-state index in [9.17, 15) is 14.9 Å². The van der Waals surface area contributed by atoms with Gasteiger partial charge in [0.05, 0.1) is 4.92 Å². The molecule has 0 atom stereocenters. The fourth-order valence-corrected chi connectivity index (χ4v) is 1.88. The molecular weight excluding hydrogens is 270 g/mol. The van der Waals surface area contributed by atoms with E-state index >= 15 is 0 Å². The van der Waals surface area contributed by atoms with Crippen LogP contribution in [0.2, 0.25) is 0 Å². The maximum Gasteiger partial charge on any atom is 0.282 e. The molecule has 0 heterocycles. The van der Waals surface area contributed by atoms with Gasteiger partial charge in [-0.25, -0.2) is 0 Å². The summed E-state index contributed by atoms with van der Waals surface area (Å²) < 4.78 is 0. The molecule has 21 heavy (non-hydrogen) atoms. The van der Waals surface area contributed by atoms with Crippen molar-refractivity contribution >= 4 is 17.3 Å². The van der Waals surface area contributed by atoms with E-state index in [1.54, 1.807) is 0 Å². The summed E-state index contributed by atoms with van der Waals surface area (Å²) in [5.41, 5.74) is 7.64. The molecule has 108 valence electrons. The number of carbonyl (C=O) groups is 1. The number of carbonyl (C=O) groups excluding carboxylic acids is 1. The highest BCUT2D eigenvalue weighted by Gasteiger charge is 2.19. The molecule has 0 unspecified atom stereocenters. The molecule has 0 aromatic heterocycles. The van der Waals surface area contributed by atoms with Gasteiger partial charge in [-0.05, 0) is 24.6 Å². The quantitative estimate of drug-likeness (QED) is 0.512. The van der Waals surface area contributed by atoms with Crippen LogP contribution in [0.5, 0.6) is 0 Å². The number of nitro benzene ring substituents is 1. The van der Waals surface area contributed by atoms with Crippen molar-refractivity contribution in [2.24, 2.45) is 0 Å². The Hall–Kier alpha value is -2.89. The van der Waals surface area contributed by atoms with Gasteiger partial charge >= 0.3 is 0 Å². The number of rotatable bonds is 4. The van der Waals surface area contributed by atoms with Crippen LogP contribution in [0, 0.1) is 17.0 Å². The number of anilines is 1. The lowest BCUT2D eigenvalue weighted by atomic mass is 10.1. The van der Waals surface area contributed by atoms with Crippen LogP contribution < -0.4 is 11.1 Å². The summed E-state index contributed by atoms with van der Waals surface area (Å²) in [7, 11) is 0. The summed E-state index contributed by atoms with van der Waals surface area (Å²) in [5, 5.41) is 13.6. The van der Waals surface area contributed by atoms with Crippen molar-refractivity contribution < 1.29 is 9.72 Å². The van der Waals surface area contributed by atoms with Crippen LogP contribution in [0.25, 0.3) is 0 Å². The van der Waals surface area contributed by atoms with Gasteiger partial charge in [-0.1, -0.05) is 29.8 Å². The number of nitrogens with two attached hydrogens (primary N) is 1. The molecule has 0 saturated heterocycles. The number of benzene rings is 2. The number of nitro groups is 1. The van der Waals surface area contributed by atoms with Gasteiger partial charge in [-0.2, -0.15) is 0 Å². The van der Waals surface area contributed by atoms with Crippen molar-refractivity contribution in [2.75, 3.05) is 5.73 Å². The summed E-state index contributed by atoms with van der Waals surface area (Å²) in [6.07, 6.45) is 0. The lowest BCUT2D eigenvalue weighted by Crippen LogP contribution is -2.23. The van der Waals surface area contributed by atoms with Crippen molar-refractivity contribution in [3.05, 3.63) is 69.3 Å². The van der Waals surface area contributed by atoms with E-state index in [0.29, 0.717) is 12.2 Å². The largest absolute Gasteiger partial charge is 0.399 e. The first-order valence-corrected chi connectivity index (χ1v) is 6.35. The third-order valence-electron chi connectivity index (χ3n) is 3.04. The topological polar surface area (TPSA) is 98.3 Å². The number of nitrogen functional groups attached to an aromatic ring is 1. The standard InChI is InChI=1S/C15H15N3O3/c1-10-2-4-11(5-3-10)9-17-15(19)13-8-12(16)6-7-14(13)18(20)21/h2-8H,9,16H2,1H3,(H,17,19). The zero-order valence-corrected chi connectivity index (χ0v) is 11.5. The van der Waals surface area contributed by atoms with E-state index in [-0.39, 0.29) is 11.3 Å². The Morgan fingerprint density at radius 1 is 1.24 bits per heavy atom. The molecule has 0 radical (unpaired) electrons. The predicted octanol–water partition coefficient (Wildman–Crippen LogP) is 2.42. The van der Waals surface area contributed by atoms with Crippen LogP contribution in [0.15, 0.2) is 42.5 Å². The summed E-state index contributed by atoms with van der Waals surface area (Å²) in [6.45, 7) is 2.27. The molecule has 2 rings (SSSR count). The molecule has 0 aliphatic heterocycles. The van der Waals surface area contributed by atoms with Crippen molar-refractivity contribution in [3.8, 4) is 0 Å². The molecule has 1 amide bonds. The Labute approximate surface area is 121 Å². The SMILES string of the molecule is Cc1ccc(CNC(=O)c2cc(N)ccc2[N+](=O)[O-])cc1. The van der Waals surface area contributed by atoms with Crippen molar-refractivity contribution in [1.82, 2.24) is 5.32 Å². The molecule has 6 nitrogen and oxygen atoms in total. The summed E-state index contributed by atoms with van der Waals surface area (Å²) in [6, 6.07) is 11.6. The molecule has 3 N–H and O–H groups in total. The normalized spacial score (nSPS) is 10.1. The summed E-state index contributed by atoms with van der Waals surface area (Å²) in [4.78, 5) is 22.4. The van der Waals surface area contributed by atoms with Crippen LogP contribution in [0.4, 0.5) is 11.4 Å². The van der Waals surface area contributed by atoms with E-state index in [0.717, 1.165) is 11.1 Å². The molecule has 2 aromatic carbocycles. The lowest BCUT2D eigenvalue weighted by Gasteiger charge is -2.07. The minimum Gasteiger partial charge on any atom is -0.399 e. The van der Waals surface area contributed by atoms with Crippen molar-refractivity contribution in [1.29, 1.82) is 0 Å². The summed E-state index contributed by atoms with van der Waals surface area (Å²) >= 11 is 0. The van der Waals surface area contributed by atoms with Crippen molar-refractivity contribution in [2.45, 2.75) is 13.5 Å². The second-order valence-corrected chi connectivity index (χ2v) is 4.70. The molecule has 0 fully saturated rings. The van der Waals surface area contributed by atoms with Gasteiger partial charge in [0.1, 0.15) is 5.56 Å². The average Bonchev–Trinajstić information content (AvgIpc) is 2.46. The molecule has 0 aliphatic rings. The average molecular weight is 285 g/mol.